The molecule has 1 aliphatic rings. The van der Waals surface area contributed by atoms with Gasteiger partial charge < -0.3 is 10.1 Å². The van der Waals surface area contributed by atoms with Gasteiger partial charge in [-0.25, -0.2) is 0 Å². The predicted molar refractivity (Wildman–Crippen MR) is 105 cm³/mol. The van der Waals surface area contributed by atoms with Crippen molar-refractivity contribution in [2.45, 2.75) is 51.2 Å². The Morgan fingerprint density at radius 1 is 0.960 bits per heavy atom. The molecule has 25 heavy (non-hydrogen) atoms. The molecule has 3 rings (SSSR count). The van der Waals surface area contributed by atoms with Crippen LogP contribution in [0, 0.1) is 5.41 Å². The molecule has 2 heteroatoms. The van der Waals surface area contributed by atoms with Gasteiger partial charge in [-0.2, -0.15) is 0 Å². The maximum absolute atomic E-state index is 6.34. The Morgan fingerprint density at radius 2 is 1.48 bits per heavy atom. The Labute approximate surface area is 152 Å². The fraction of sp³-hybridized carbons (Fsp3) is 0.478. The highest BCUT2D eigenvalue weighted by atomic mass is 16.5. The fourth-order valence-corrected chi connectivity index (χ4v) is 4.25. The van der Waals surface area contributed by atoms with Crippen LogP contribution >= 0.6 is 0 Å². The van der Waals surface area contributed by atoms with Crippen LogP contribution in [0.25, 0.3) is 0 Å². The van der Waals surface area contributed by atoms with Gasteiger partial charge in [-0.15, -0.1) is 0 Å². The summed E-state index contributed by atoms with van der Waals surface area (Å²) in [5.74, 6) is 0.242. The molecule has 2 aromatic rings. The highest BCUT2D eigenvalue weighted by Crippen LogP contribution is 2.45. The molecule has 1 unspecified atom stereocenters. The van der Waals surface area contributed by atoms with Crippen molar-refractivity contribution in [3.05, 3.63) is 71.8 Å². The third-order valence-electron chi connectivity index (χ3n) is 5.73. The number of ether oxygens (including phenoxy) is 1. The first-order chi connectivity index (χ1) is 12.0. The van der Waals surface area contributed by atoms with Gasteiger partial charge in [-0.3, -0.25) is 0 Å². The molecule has 1 aliphatic heterocycles. The number of hydrogen-bond acceptors (Lipinski definition) is 2. The molecule has 2 aromatic carbocycles. The lowest BCUT2D eigenvalue weighted by Gasteiger charge is -2.49. The smallest absolute Gasteiger partial charge is 0.0814 e. The Bertz CT molecular complexity index is 622. The molecule has 134 valence electrons. The Kier molecular flexibility index (Phi) is 5.31. The number of benzene rings is 2. The summed E-state index contributed by atoms with van der Waals surface area (Å²) in [4.78, 5) is 0. The topological polar surface area (TPSA) is 21.3 Å². The second-order valence-corrected chi connectivity index (χ2v) is 8.35. The number of rotatable bonds is 4. The monoisotopic (exact) mass is 337 g/mol. The van der Waals surface area contributed by atoms with E-state index in [1.54, 1.807) is 0 Å². The van der Waals surface area contributed by atoms with Crippen LogP contribution < -0.4 is 5.32 Å². The summed E-state index contributed by atoms with van der Waals surface area (Å²) in [7, 11) is 1.89. The molecular weight excluding hydrogens is 306 g/mol. The van der Waals surface area contributed by atoms with E-state index >= 15 is 0 Å². The summed E-state index contributed by atoms with van der Waals surface area (Å²) in [6.45, 7) is 7.94. The van der Waals surface area contributed by atoms with Crippen LogP contribution in [-0.4, -0.2) is 25.3 Å². The molecule has 1 N–H and O–H groups in total. The highest BCUT2D eigenvalue weighted by molar-refractivity contribution is 5.36. The van der Waals surface area contributed by atoms with Gasteiger partial charge in [0.25, 0.3) is 0 Å². The van der Waals surface area contributed by atoms with E-state index in [2.05, 4.69) is 86.8 Å². The van der Waals surface area contributed by atoms with Crippen molar-refractivity contribution in [3.8, 4) is 0 Å². The summed E-state index contributed by atoms with van der Waals surface area (Å²) in [6, 6.07) is 22.1. The van der Waals surface area contributed by atoms with Crippen molar-refractivity contribution >= 4 is 0 Å². The van der Waals surface area contributed by atoms with Gasteiger partial charge in [0, 0.05) is 19.1 Å². The van der Waals surface area contributed by atoms with Crippen molar-refractivity contribution in [2.24, 2.45) is 5.41 Å². The molecule has 2 nitrogen and oxygen atoms in total. The van der Waals surface area contributed by atoms with E-state index in [4.69, 9.17) is 4.74 Å². The summed E-state index contributed by atoms with van der Waals surface area (Å²) >= 11 is 0. The van der Waals surface area contributed by atoms with E-state index in [-0.39, 0.29) is 16.9 Å². The molecule has 1 saturated heterocycles. The average molecular weight is 338 g/mol. The number of nitrogens with one attached hydrogen (secondary N) is 1. The minimum atomic E-state index is -0.189. The molecule has 0 bridgehead atoms. The summed E-state index contributed by atoms with van der Waals surface area (Å²) in [5.41, 5.74) is 2.70. The Morgan fingerprint density at radius 3 is 1.92 bits per heavy atom. The summed E-state index contributed by atoms with van der Waals surface area (Å²) in [6.07, 6.45) is 2.03. The van der Waals surface area contributed by atoms with Crippen LogP contribution in [0.2, 0.25) is 0 Å². The second kappa shape index (κ2) is 7.31. The zero-order chi connectivity index (χ0) is 17.9. The quantitative estimate of drug-likeness (QED) is 0.847. The van der Waals surface area contributed by atoms with Crippen LogP contribution in [0.1, 0.15) is 50.7 Å². The minimum Gasteiger partial charge on any atom is -0.377 e. The second-order valence-electron chi connectivity index (χ2n) is 8.35. The van der Waals surface area contributed by atoms with Gasteiger partial charge >= 0.3 is 0 Å². The first kappa shape index (κ1) is 18.2. The number of methoxy groups -OCH3 is 1. The number of piperidine rings is 1. The van der Waals surface area contributed by atoms with Gasteiger partial charge in [0.2, 0.25) is 0 Å². The normalized spacial score (nSPS) is 24.4. The minimum absolute atomic E-state index is 0.189. The third-order valence-corrected chi connectivity index (χ3v) is 5.73. The molecule has 0 radical (unpaired) electrons. The largest absolute Gasteiger partial charge is 0.377 e. The van der Waals surface area contributed by atoms with E-state index in [0.717, 1.165) is 19.4 Å². The number of hydrogen-bond donors (Lipinski definition) is 1. The standard InChI is InChI=1S/C23H31NO/c1-22(2,3)20-17-23(25-4,15-16-24-20)21(18-11-7-5-8-12-18)19-13-9-6-10-14-19/h5-14,20-21,24H,15-17H2,1-4H3/t20-,23?/m1/s1. The fourth-order valence-electron chi connectivity index (χ4n) is 4.25. The van der Waals surface area contributed by atoms with E-state index in [9.17, 15) is 0 Å². The first-order valence-electron chi connectivity index (χ1n) is 9.35. The van der Waals surface area contributed by atoms with Crippen molar-refractivity contribution in [1.29, 1.82) is 0 Å². The maximum Gasteiger partial charge on any atom is 0.0814 e. The predicted octanol–water partition coefficient (Wildman–Crippen LogP) is 5.00. The SMILES string of the molecule is COC1(C(c2ccccc2)c2ccccc2)CCN[C@@H](C(C)(C)C)C1. The van der Waals surface area contributed by atoms with Crippen molar-refractivity contribution in [2.75, 3.05) is 13.7 Å². The lowest BCUT2D eigenvalue weighted by atomic mass is 9.67. The van der Waals surface area contributed by atoms with Crippen LogP contribution in [0.4, 0.5) is 0 Å². The molecule has 0 amide bonds. The summed E-state index contributed by atoms with van der Waals surface area (Å²) in [5, 5.41) is 3.73. The zero-order valence-corrected chi connectivity index (χ0v) is 16.0. The summed E-state index contributed by atoms with van der Waals surface area (Å²) < 4.78 is 6.34. The van der Waals surface area contributed by atoms with Crippen molar-refractivity contribution in [3.63, 3.8) is 0 Å². The lowest BCUT2D eigenvalue weighted by Crippen LogP contribution is -2.56. The van der Waals surface area contributed by atoms with Gasteiger partial charge in [-0.05, 0) is 35.9 Å². The van der Waals surface area contributed by atoms with E-state index < -0.39 is 0 Å². The highest BCUT2D eigenvalue weighted by Gasteiger charge is 2.46. The average Bonchev–Trinajstić information content (AvgIpc) is 2.63. The molecule has 2 atom stereocenters. The van der Waals surface area contributed by atoms with Crippen LogP contribution in [-0.2, 0) is 4.74 Å². The van der Waals surface area contributed by atoms with Crippen molar-refractivity contribution in [1.82, 2.24) is 5.32 Å². The molecule has 1 fully saturated rings. The Balaban J connectivity index is 2.07. The van der Waals surface area contributed by atoms with E-state index in [0.29, 0.717) is 6.04 Å². The van der Waals surface area contributed by atoms with E-state index in [1.165, 1.54) is 11.1 Å². The van der Waals surface area contributed by atoms with Crippen LogP contribution in [0.5, 0.6) is 0 Å². The Hall–Kier alpha value is -1.64. The third kappa shape index (κ3) is 3.80. The van der Waals surface area contributed by atoms with Crippen molar-refractivity contribution < 1.29 is 4.74 Å². The molecule has 1 heterocycles. The van der Waals surface area contributed by atoms with E-state index in [1.807, 2.05) is 7.11 Å². The lowest BCUT2D eigenvalue weighted by molar-refractivity contribution is -0.0684. The van der Waals surface area contributed by atoms with Crippen LogP contribution in [0.3, 0.4) is 0 Å². The first-order valence-corrected chi connectivity index (χ1v) is 9.35. The molecule has 0 aromatic heterocycles. The van der Waals surface area contributed by atoms with Gasteiger partial charge in [-0.1, -0.05) is 81.4 Å². The van der Waals surface area contributed by atoms with Crippen LogP contribution in [0.15, 0.2) is 60.7 Å². The molecule has 0 saturated carbocycles. The molecular formula is C23H31NO. The van der Waals surface area contributed by atoms with Gasteiger partial charge in [0.05, 0.1) is 5.60 Å². The van der Waals surface area contributed by atoms with Gasteiger partial charge in [0.15, 0.2) is 0 Å². The molecule has 0 aliphatic carbocycles. The zero-order valence-electron chi connectivity index (χ0n) is 16.0. The molecule has 0 spiro atoms. The van der Waals surface area contributed by atoms with Gasteiger partial charge in [0.1, 0.15) is 0 Å². The maximum atomic E-state index is 6.34.